The van der Waals surface area contributed by atoms with E-state index >= 15 is 0 Å². The summed E-state index contributed by atoms with van der Waals surface area (Å²) >= 11 is 0. The van der Waals surface area contributed by atoms with Crippen LogP contribution in [0.15, 0.2) is 0 Å². The first-order chi connectivity index (χ1) is 7.62. The fourth-order valence-corrected chi connectivity index (χ4v) is 3.32. The molecule has 94 valence electrons. The van der Waals surface area contributed by atoms with Crippen molar-refractivity contribution >= 4 is 0 Å². The number of hydrogen-bond donors (Lipinski definition) is 1. The first-order valence-corrected chi connectivity index (χ1v) is 6.70. The number of hydrogen-bond acceptors (Lipinski definition) is 3. The number of nitrogens with zero attached hydrogens (tertiary/aromatic N) is 1. The molecule has 1 saturated carbocycles. The van der Waals surface area contributed by atoms with Gasteiger partial charge >= 0.3 is 0 Å². The summed E-state index contributed by atoms with van der Waals surface area (Å²) in [5.74, 6) is 0.832. The molecule has 2 N–H and O–H groups in total. The lowest BCUT2D eigenvalue weighted by Gasteiger charge is -2.43. The van der Waals surface area contributed by atoms with Crippen LogP contribution in [-0.4, -0.2) is 42.8 Å². The van der Waals surface area contributed by atoms with Gasteiger partial charge in [-0.3, -0.25) is 4.90 Å². The van der Waals surface area contributed by atoms with E-state index in [-0.39, 0.29) is 5.60 Å². The summed E-state index contributed by atoms with van der Waals surface area (Å²) in [5.41, 5.74) is 5.99. The third-order valence-electron chi connectivity index (χ3n) is 4.11. The molecule has 0 bridgehead atoms. The molecule has 0 radical (unpaired) electrons. The zero-order valence-corrected chi connectivity index (χ0v) is 10.7. The van der Waals surface area contributed by atoms with Crippen LogP contribution < -0.4 is 5.73 Å². The van der Waals surface area contributed by atoms with E-state index in [1.54, 1.807) is 0 Å². The molecular formula is C13H26N2O. The fourth-order valence-electron chi connectivity index (χ4n) is 3.32. The van der Waals surface area contributed by atoms with Gasteiger partial charge < -0.3 is 10.5 Å². The van der Waals surface area contributed by atoms with Gasteiger partial charge in [-0.15, -0.1) is 0 Å². The molecule has 1 saturated heterocycles. The second kappa shape index (κ2) is 5.03. The average Bonchev–Trinajstić information content (AvgIpc) is 2.71. The van der Waals surface area contributed by atoms with Gasteiger partial charge in [-0.1, -0.05) is 12.8 Å². The molecule has 3 nitrogen and oxygen atoms in total. The van der Waals surface area contributed by atoms with Gasteiger partial charge in [0.1, 0.15) is 0 Å². The summed E-state index contributed by atoms with van der Waals surface area (Å²) in [6, 6.07) is 0.589. The fraction of sp³-hybridized carbons (Fsp3) is 1.00. The molecular weight excluding hydrogens is 200 g/mol. The van der Waals surface area contributed by atoms with Crippen LogP contribution in [0, 0.1) is 5.92 Å². The van der Waals surface area contributed by atoms with Crippen molar-refractivity contribution in [2.75, 3.05) is 26.2 Å². The molecule has 1 atom stereocenters. The first-order valence-electron chi connectivity index (χ1n) is 6.70. The summed E-state index contributed by atoms with van der Waals surface area (Å²) in [6.07, 6.45) is 5.54. The van der Waals surface area contributed by atoms with Crippen molar-refractivity contribution in [2.24, 2.45) is 11.7 Å². The van der Waals surface area contributed by atoms with Gasteiger partial charge in [-0.05, 0) is 32.6 Å². The molecule has 1 aliphatic heterocycles. The summed E-state index contributed by atoms with van der Waals surface area (Å²) in [7, 11) is 0. The van der Waals surface area contributed by atoms with E-state index in [2.05, 4.69) is 18.7 Å². The van der Waals surface area contributed by atoms with Crippen LogP contribution in [0.25, 0.3) is 0 Å². The molecule has 0 spiro atoms. The minimum Gasteiger partial charge on any atom is -0.373 e. The van der Waals surface area contributed by atoms with Crippen molar-refractivity contribution in [3.05, 3.63) is 0 Å². The number of nitrogens with two attached hydrogens (primary N) is 1. The third-order valence-corrected chi connectivity index (χ3v) is 4.11. The average molecular weight is 226 g/mol. The van der Waals surface area contributed by atoms with Gasteiger partial charge in [-0.25, -0.2) is 0 Å². The highest BCUT2D eigenvalue weighted by Crippen LogP contribution is 2.31. The Bertz CT molecular complexity index is 224. The van der Waals surface area contributed by atoms with Crippen LogP contribution in [0.4, 0.5) is 0 Å². The van der Waals surface area contributed by atoms with E-state index in [0.717, 1.165) is 32.2 Å². The molecule has 0 aromatic heterocycles. The Morgan fingerprint density at radius 2 is 2.06 bits per heavy atom. The molecule has 0 aromatic rings. The van der Waals surface area contributed by atoms with Crippen molar-refractivity contribution in [1.82, 2.24) is 4.90 Å². The predicted molar refractivity (Wildman–Crippen MR) is 66.4 cm³/mol. The Labute approximate surface area is 99.3 Å². The normalized spacial score (nSPS) is 29.4. The molecule has 2 rings (SSSR count). The predicted octanol–water partition coefficient (Wildman–Crippen LogP) is 1.61. The van der Waals surface area contributed by atoms with E-state index in [1.165, 1.54) is 25.7 Å². The standard InChI is InChI=1S/C13H26N2O/c1-13(2)10-15(7-8-16-13)12(9-14)11-5-3-4-6-11/h11-12H,3-10,14H2,1-2H3. The van der Waals surface area contributed by atoms with Crippen LogP contribution in [0.3, 0.4) is 0 Å². The highest BCUT2D eigenvalue weighted by Gasteiger charge is 2.35. The summed E-state index contributed by atoms with van der Waals surface area (Å²) in [5, 5.41) is 0. The molecule has 2 fully saturated rings. The van der Waals surface area contributed by atoms with Crippen molar-refractivity contribution in [3.63, 3.8) is 0 Å². The van der Waals surface area contributed by atoms with E-state index in [4.69, 9.17) is 10.5 Å². The molecule has 1 heterocycles. The number of rotatable bonds is 3. The second-order valence-electron chi connectivity index (χ2n) is 5.93. The van der Waals surface area contributed by atoms with E-state index in [1.807, 2.05) is 0 Å². The Hall–Kier alpha value is -0.120. The summed E-state index contributed by atoms with van der Waals surface area (Å²) in [4.78, 5) is 2.57. The highest BCUT2D eigenvalue weighted by molar-refractivity contribution is 4.89. The second-order valence-corrected chi connectivity index (χ2v) is 5.93. The minimum atomic E-state index is 0.00424. The Morgan fingerprint density at radius 3 is 2.62 bits per heavy atom. The van der Waals surface area contributed by atoms with Gasteiger partial charge in [0.2, 0.25) is 0 Å². The van der Waals surface area contributed by atoms with Crippen molar-refractivity contribution in [1.29, 1.82) is 0 Å². The molecule has 1 aliphatic carbocycles. The lowest BCUT2D eigenvalue weighted by Crippen LogP contribution is -2.55. The summed E-state index contributed by atoms with van der Waals surface area (Å²) in [6.45, 7) is 8.12. The van der Waals surface area contributed by atoms with Gasteiger partial charge in [0, 0.05) is 25.7 Å². The number of morpholine rings is 1. The van der Waals surface area contributed by atoms with Gasteiger partial charge in [0.25, 0.3) is 0 Å². The third kappa shape index (κ3) is 2.76. The van der Waals surface area contributed by atoms with Crippen LogP contribution in [0.5, 0.6) is 0 Å². The molecule has 2 aliphatic rings. The van der Waals surface area contributed by atoms with Gasteiger partial charge in [-0.2, -0.15) is 0 Å². The number of ether oxygens (including phenoxy) is 1. The molecule has 0 amide bonds. The van der Waals surface area contributed by atoms with Gasteiger partial charge in [0.05, 0.1) is 12.2 Å². The van der Waals surface area contributed by atoms with Gasteiger partial charge in [0.15, 0.2) is 0 Å². The SMILES string of the molecule is CC1(C)CN(C(CN)C2CCCC2)CCO1. The van der Waals surface area contributed by atoms with Crippen molar-refractivity contribution in [3.8, 4) is 0 Å². The zero-order valence-electron chi connectivity index (χ0n) is 10.7. The van der Waals surface area contributed by atoms with Crippen LogP contribution >= 0.6 is 0 Å². The zero-order chi connectivity index (χ0) is 11.6. The Kier molecular flexibility index (Phi) is 3.88. The Balaban J connectivity index is 1.97. The quantitative estimate of drug-likeness (QED) is 0.794. The van der Waals surface area contributed by atoms with Crippen LogP contribution in [0.2, 0.25) is 0 Å². The smallest absolute Gasteiger partial charge is 0.0753 e. The topological polar surface area (TPSA) is 38.5 Å². The molecule has 1 unspecified atom stereocenters. The summed E-state index contributed by atoms with van der Waals surface area (Å²) < 4.78 is 5.77. The monoisotopic (exact) mass is 226 g/mol. The molecule has 3 heteroatoms. The maximum Gasteiger partial charge on any atom is 0.0753 e. The lowest BCUT2D eigenvalue weighted by molar-refractivity contribution is -0.102. The van der Waals surface area contributed by atoms with Crippen molar-refractivity contribution < 1.29 is 4.74 Å². The molecule has 16 heavy (non-hydrogen) atoms. The maximum absolute atomic E-state index is 5.99. The largest absolute Gasteiger partial charge is 0.373 e. The first kappa shape index (κ1) is 12.3. The van der Waals surface area contributed by atoms with Crippen LogP contribution in [-0.2, 0) is 4.74 Å². The van der Waals surface area contributed by atoms with Crippen LogP contribution in [0.1, 0.15) is 39.5 Å². The van der Waals surface area contributed by atoms with Crippen molar-refractivity contribution in [2.45, 2.75) is 51.2 Å². The maximum atomic E-state index is 5.99. The minimum absolute atomic E-state index is 0.00424. The van der Waals surface area contributed by atoms with E-state index in [0.29, 0.717) is 6.04 Å². The Morgan fingerprint density at radius 1 is 1.38 bits per heavy atom. The molecule has 0 aromatic carbocycles. The van der Waals surface area contributed by atoms with E-state index < -0.39 is 0 Å². The lowest BCUT2D eigenvalue weighted by atomic mass is 9.94. The van der Waals surface area contributed by atoms with E-state index in [9.17, 15) is 0 Å². The highest BCUT2D eigenvalue weighted by atomic mass is 16.5.